The van der Waals surface area contributed by atoms with E-state index in [1.165, 1.54) is 22.3 Å². The summed E-state index contributed by atoms with van der Waals surface area (Å²) in [6.45, 7) is 2.54. The van der Waals surface area contributed by atoms with Crippen molar-refractivity contribution in [1.82, 2.24) is 5.32 Å². The largest absolute Gasteiger partial charge is 0.449 e. The summed E-state index contributed by atoms with van der Waals surface area (Å²) >= 11 is 0. The number of hydrogen-bond acceptors (Lipinski definition) is 2. The van der Waals surface area contributed by atoms with Crippen LogP contribution in [0.25, 0.3) is 11.1 Å². The fraction of sp³-hybridized carbons (Fsp3) is 0.318. The highest BCUT2D eigenvalue weighted by atomic mass is 16.5. The van der Waals surface area contributed by atoms with Crippen molar-refractivity contribution in [2.24, 2.45) is 5.92 Å². The molecule has 2 aromatic carbocycles. The number of benzene rings is 2. The highest BCUT2D eigenvalue weighted by Gasteiger charge is 2.29. The lowest BCUT2D eigenvalue weighted by atomic mass is 9.91. The standard InChI is InChI=1S/C22H23NO2/c1-15-8-2-7-13-21(15)23-22(24)25-14-20-18-11-5-3-9-16(18)17-10-4-6-12-19(17)20/h2-7,9-12,15,20-21H,8,13-14H2,1H3,(H,23,24). The van der Waals surface area contributed by atoms with E-state index >= 15 is 0 Å². The summed E-state index contributed by atoms with van der Waals surface area (Å²) in [4.78, 5) is 12.3. The number of hydrogen-bond donors (Lipinski definition) is 1. The molecule has 0 fully saturated rings. The van der Waals surface area contributed by atoms with Crippen LogP contribution in [0.5, 0.6) is 0 Å². The van der Waals surface area contributed by atoms with Gasteiger partial charge in [0, 0.05) is 12.0 Å². The Labute approximate surface area is 148 Å². The van der Waals surface area contributed by atoms with Crippen LogP contribution in [0.3, 0.4) is 0 Å². The van der Waals surface area contributed by atoms with Gasteiger partial charge in [-0.25, -0.2) is 4.79 Å². The molecule has 3 nitrogen and oxygen atoms in total. The Hall–Kier alpha value is -2.55. The Morgan fingerprint density at radius 1 is 1.00 bits per heavy atom. The fourth-order valence-corrected chi connectivity index (χ4v) is 3.94. The van der Waals surface area contributed by atoms with Gasteiger partial charge in [-0.2, -0.15) is 0 Å². The lowest BCUT2D eigenvalue weighted by Crippen LogP contribution is -2.40. The first-order valence-corrected chi connectivity index (χ1v) is 9.00. The van der Waals surface area contributed by atoms with Crippen LogP contribution in [-0.2, 0) is 4.74 Å². The predicted octanol–water partition coefficient (Wildman–Crippen LogP) is 4.88. The third-order valence-electron chi connectivity index (χ3n) is 5.40. The number of nitrogens with one attached hydrogen (secondary N) is 1. The SMILES string of the molecule is CC1CC=CCC1NC(=O)OCC1c2ccccc2-c2ccccc21. The summed E-state index contributed by atoms with van der Waals surface area (Å²) in [7, 11) is 0. The summed E-state index contributed by atoms with van der Waals surface area (Å²) in [6, 6.07) is 16.9. The maximum absolute atomic E-state index is 12.3. The maximum Gasteiger partial charge on any atom is 0.407 e. The summed E-state index contributed by atoms with van der Waals surface area (Å²) in [6.07, 6.45) is 5.89. The van der Waals surface area contributed by atoms with Crippen molar-refractivity contribution in [3.05, 3.63) is 71.8 Å². The second kappa shape index (κ2) is 6.75. The number of carbonyl (C=O) groups is 1. The maximum atomic E-state index is 12.3. The van der Waals surface area contributed by atoms with Crippen molar-refractivity contribution in [2.75, 3.05) is 6.61 Å². The minimum absolute atomic E-state index is 0.113. The molecule has 0 saturated heterocycles. The van der Waals surface area contributed by atoms with Gasteiger partial charge in [0.1, 0.15) is 6.61 Å². The molecule has 0 bridgehead atoms. The van der Waals surface area contributed by atoms with Gasteiger partial charge in [0.2, 0.25) is 0 Å². The monoisotopic (exact) mass is 333 g/mol. The van der Waals surface area contributed by atoms with Crippen LogP contribution in [0, 0.1) is 5.92 Å². The molecule has 1 amide bonds. The first-order valence-electron chi connectivity index (χ1n) is 9.00. The molecule has 0 saturated carbocycles. The topological polar surface area (TPSA) is 38.3 Å². The van der Waals surface area contributed by atoms with Crippen molar-refractivity contribution in [3.63, 3.8) is 0 Å². The quantitative estimate of drug-likeness (QED) is 0.813. The van der Waals surface area contributed by atoms with Gasteiger partial charge in [0.05, 0.1) is 0 Å². The van der Waals surface area contributed by atoms with Crippen LogP contribution >= 0.6 is 0 Å². The van der Waals surface area contributed by atoms with Crippen LogP contribution in [0.4, 0.5) is 4.79 Å². The first-order chi connectivity index (χ1) is 12.2. The molecule has 0 radical (unpaired) electrons. The van der Waals surface area contributed by atoms with E-state index in [1.54, 1.807) is 0 Å². The summed E-state index contributed by atoms with van der Waals surface area (Å²) in [5.74, 6) is 0.562. The first kappa shape index (κ1) is 15.9. The second-order valence-electron chi connectivity index (χ2n) is 7.00. The van der Waals surface area contributed by atoms with Crippen LogP contribution in [-0.4, -0.2) is 18.7 Å². The van der Waals surface area contributed by atoms with E-state index in [0.717, 1.165) is 12.8 Å². The van der Waals surface area contributed by atoms with Crippen LogP contribution in [0.1, 0.15) is 36.8 Å². The molecule has 0 spiro atoms. The molecule has 25 heavy (non-hydrogen) atoms. The Bertz CT molecular complexity index is 766. The molecule has 2 unspecified atom stereocenters. The van der Waals surface area contributed by atoms with Gasteiger partial charge in [-0.05, 0) is 41.0 Å². The van der Waals surface area contributed by atoms with Crippen molar-refractivity contribution in [1.29, 1.82) is 0 Å². The third-order valence-corrected chi connectivity index (χ3v) is 5.40. The Balaban J connectivity index is 1.46. The molecule has 0 aromatic heterocycles. The molecule has 2 aromatic rings. The number of amides is 1. The smallest absolute Gasteiger partial charge is 0.407 e. The van der Waals surface area contributed by atoms with Gasteiger partial charge in [0.15, 0.2) is 0 Å². The van der Waals surface area contributed by atoms with E-state index in [0.29, 0.717) is 12.5 Å². The Morgan fingerprint density at radius 2 is 1.60 bits per heavy atom. The van der Waals surface area contributed by atoms with Crippen molar-refractivity contribution < 1.29 is 9.53 Å². The number of alkyl carbamates (subject to hydrolysis) is 1. The van der Waals surface area contributed by atoms with Crippen LogP contribution < -0.4 is 5.32 Å². The third kappa shape index (κ3) is 3.07. The highest BCUT2D eigenvalue weighted by molar-refractivity contribution is 5.79. The lowest BCUT2D eigenvalue weighted by molar-refractivity contribution is 0.135. The number of rotatable bonds is 3. The number of allylic oxidation sites excluding steroid dienone is 1. The molecule has 128 valence electrons. The lowest BCUT2D eigenvalue weighted by Gasteiger charge is -2.26. The fourth-order valence-electron chi connectivity index (χ4n) is 3.94. The van der Waals surface area contributed by atoms with Crippen molar-refractivity contribution >= 4 is 6.09 Å². The normalized spacial score (nSPS) is 21.5. The zero-order chi connectivity index (χ0) is 17.2. The van der Waals surface area contributed by atoms with Crippen LogP contribution in [0.2, 0.25) is 0 Å². The average Bonchev–Trinajstić information content (AvgIpc) is 2.96. The Morgan fingerprint density at radius 3 is 2.24 bits per heavy atom. The molecular weight excluding hydrogens is 310 g/mol. The van der Waals surface area contributed by atoms with Crippen LogP contribution in [0.15, 0.2) is 60.7 Å². The second-order valence-corrected chi connectivity index (χ2v) is 7.00. The van der Waals surface area contributed by atoms with E-state index in [4.69, 9.17) is 4.74 Å². The molecule has 4 rings (SSSR count). The molecule has 0 aliphatic heterocycles. The molecule has 2 atom stereocenters. The summed E-state index contributed by atoms with van der Waals surface area (Å²) in [5, 5.41) is 3.03. The van der Waals surface area contributed by atoms with E-state index in [1.807, 2.05) is 12.1 Å². The summed E-state index contributed by atoms with van der Waals surface area (Å²) in [5.41, 5.74) is 4.98. The molecule has 2 aliphatic carbocycles. The predicted molar refractivity (Wildman–Crippen MR) is 99.5 cm³/mol. The van der Waals surface area contributed by atoms with Gasteiger partial charge in [-0.15, -0.1) is 0 Å². The molecule has 1 N–H and O–H groups in total. The molecular formula is C22H23NO2. The van der Waals surface area contributed by atoms with Gasteiger partial charge in [-0.3, -0.25) is 0 Å². The van der Waals surface area contributed by atoms with Crippen molar-refractivity contribution in [3.8, 4) is 11.1 Å². The minimum atomic E-state index is -0.311. The summed E-state index contributed by atoms with van der Waals surface area (Å²) < 4.78 is 5.62. The van der Waals surface area contributed by atoms with Gasteiger partial charge >= 0.3 is 6.09 Å². The number of ether oxygens (including phenoxy) is 1. The molecule has 2 aliphatic rings. The van der Waals surface area contributed by atoms with E-state index in [9.17, 15) is 4.79 Å². The van der Waals surface area contributed by atoms with E-state index < -0.39 is 0 Å². The van der Waals surface area contributed by atoms with E-state index in [2.05, 4.69) is 60.8 Å². The number of carbonyl (C=O) groups excluding carboxylic acids is 1. The molecule has 3 heteroatoms. The Kier molecular flexibility index (Phi) is 4.31. The molecule has 0 heterocycles. The van der Waals surface area contributed by atoms with E-state index in [-0.39, 0.29) is 18.1 Å². The zero-order valence-corrected chi connectivity index (χ0v) is 14.4. The zero-order valence-electron chi connectivity index (χ0n) is 14.4. The van der Waals surface area contributed by atoms with Gasteiger partial charge < -0.3 is 10.1 Å². The number of fused-ring (bicyclic) bond motifs is 3. The average molecular weight is 333 g/mol. The van der Waals surface area contributed by atoms with Gasteiger partial charge in [0.25, 0.3) is 0 Å². The minimum Gasteiger partial charge on any atom is -0.449 e. The van der Waals surface area contributed by atoms with Crippen molar-refractivity contribution in [2.45, 2.75) is 31.7 Å². The highest BCUT2D eigenvalue weighted by Crippen LogP contribution is 2.44. The van der Waals surface area contributed by atoms with Gasteiger partial charge in [-0.1, -0.05) is 67.6 Å².